The van der Waals surface area contributed by atoms with Crippen molar-refractivity contribution in [1.82, 2.24) is 15.5 Å². The molecule has 4 heteroatoms. The van der Waals surface area contributed by atoms with E-state index in [9.17, 15) is 4.79 Å². The molecule has 1 aromatic rings. The van der Waals surface area contributed by atoms with Crippen molar-refractivity contribution in [1.29, 1.82) is 0 Å². The van der Waals surface area contributed by atoms with E-state index in [-0.39, 0.29) is 5.91 Å². The minimum Gasteiger partial charge on any atom is -0.354 e. The molecule has 2 aliphatic heterocycles. The van der Waals surface area contributed by atoms with E-state index in [0.717, 1.165) is 26.1 Å². The number of rotatable bonds is 5. The molecule has 20 heavy (non-hydrogen) atoms. The molecule has 1 aromatic carbocycles. The third-order valence-electron chi connectivity index (χ3n) is 4.28. The van der Waals surface area contributed by atoms with E-state index in [1.807, 2.05) is 0 Å². The van der Waals surface area contributed by atoms with Crippen molar-refractivity contribution in [3.05, 3.63) is 35.9 Å². The lowest BCUT2D eigenvalue weighted by atomic mass is 10.1. The number of carbonyl (C=O) groups excluding carboxylic acids is 1. The van der Waals surface area contributed by atoms with Gasteiger partial charge in [0.05, 0.1) is 0 Å². The molecular weight excluding hydrogens is 250 g/mol. The number of carbonyl (C=O) groups is 1. The van der Waals surface area contributed by atoms with Crippen LogP contribution in [0.25, 0.3) is 0 Å². The number of hydrogen-bond donors (Lipinski definition) is 2. The number of amides is 1. The largest absolute Gasteiger partial charge is 0.354 e. The highest BCUT2D eigenvalue weighted by Crippen LogP contribution is 2.12. The molecular formula is C16H23N3O. The fourth-order valence-electron chi connectivity index (χ4n) is 3.16. The minimum absolute atomic E-state index is 0.182. The van der Waals surface area contributed by atoms with Crippen LogP contribution in [0.1, 0.15) is 18.4 Å². The van der Waals surface area contributed by atoms with E-state index in [0.29, 0.717) is 18.5 Å². The zero-order valence-corrected chi connectivity index (χ0v) is 11.8. The molecule has 4 nitrogen and oxygen atoms in total. The summed E-state index contributed by atoms with van der Waals surface area (Å²) >= 11 is 0. The standard InChI is InChI=1S/C16H23N3O/c20-16-10-15(11-17-16)18-14-7-9-19(12-14)8-6-13-4-2-1-3-5-13/h1-5,14-15,18H,6-12H2,(H,17,20). The summed E-state index contributed by atoms with van der Waals surface area (Å²) in [6.45, 7) is 4.19. The van der Waals surface area contributed by atoms with Gasteiger partial charge in [-0.25, -0.2) is 0 Å². The van der Waals surface area contributed by atoms with E-state index >= 15 is 0 Å². The number of likely N-dealkylation sites (tertiary alicyclic amines) is 1. The van der Waals surface area contributed by atoms with Crippen molar-refractivity contribution in [3.63, 3.8) is 0 Å². The van der Waals surface area contributed by atoms with Gasteiger partial charge in [0, 0.05) is 38.1 Å². The summed E-state index contributed by atoms with van der Waals surface area (Å²) in [6, 6.07) is 11.5. The fourth-order valence-corrected chi connectivity index (χ4v) is 3.16. The zero-order chi connectivity index (χ0) is 13.8. The quantitative estimate of drug-likeness (QED) is 0.833. The Kier molecular flexibility index (Phi) is 4.33. The summed E-state index contributed by atoms with van der Waals surface area (Å²) < 4.78 is 0. The van der Waals surface area contributed by atoms with Crippen molar-refractivity contribution in [3.8, 4) is 0 Å². The molecule has 2 fully saturated rings. The first-order chi connectivity index (χ1) is 9.79. The molecule has 108 valence electrons. The van der Waals surface area contributed by atoms with Gasteiger partial charge in [-0.2, -0.15) is 0 Å². The Balaban J connectivity index is 1.40. The Bertz CT molecular complexity index is 448. The maximum Gasteiger partial charge on any atom is 0.221 e. The molecule has 0 aliphatic carbocycles. The Morgan fingerprint density at radius 3 is 2.85 bits per heavy atom. The van der Waals surface area contributed by atoms with E-state index < -0.39 is 0 Å². The van der Waals surface area contributed by atoms with Gasteiger partial charge in [0.25, 0.3) is 0 Å². The second-order valence-corrected chi connectivity index (χ2v) is 5.89. The predicted molar refractivity (Wildman–Crippen MR) is 79.5 cm³/mol. The van der Waals surface area contributed by atoms with Gasteiger partial charge in [-0.3, -0.25) is 4.79 Å². The van der Waals surface area contributed by atoms with Gasteiger partial charge >= 0.3 is 0 Å². The predicted octanol–water partition coefficient (Wildman–Crippen LogP) is 0.781. The zero-order valence-electron chi connectivity index (χ0n) is 11.8. The van der Waals surface area contributed by atoms with Crippen molar-refractivity contribution in [2.24, 2.45) is 0 Å². The van der Waals surface area contributed by atoms with Crippen LogP contribution in [0.3, 0.4) is 0 Å². The molecule has 0 aromatic heterocycles. The molecule has 2 aliphatic rings. The number of nitrogens with one attached hydrogen (secondary N) is 2. The number of benzene rings is 1. The van der Waals surface area contributed by atoms with E-state index in [1.165, 1.54) is 18.5 Å². The average molecular weight is 273 g/mol. The Morgan fingerprint density at radius 1 is 1.25 bits per heavy atom. The van der Waals surface area contributed by atoms with Crippen LogP contribution < -0.4 is 10.6 Å². The van der Waals surface area contributed by atoms with Crippen LogP contribution in [-0.4, -0.2) is 49.1 Å². The first-order valence-electron chi connectivity index (χ1n) is 7.58. The minimum atomic E-state index is 0.182. The molecule has 2 atom stereocenters. The first-order valence-corrected chi connectivity index (χ1v) is 7.58. The maximum atomic E-state index is 11.2. The van der Waals surface area contributed by atoms with Crippen LogP contribution in [0.4, 0.5) is 0 Å². The summed E-state index contributed by atoms with van der Waals surface area (Å²) in [5.74, 6) is 0.182. The molecule has 2 heterocycles. The van der Waals surface area contributed by atoms with Crippen molar-refractivity contribution in [2.75, 3.05) is 26.2 Å². The monoisotopic (exact) mass is 273 g/mol. The highest BCUT2D eigenvalue weighted by Gasteiger charge is 2.27. The second-order valence-electron chi connectivity index (χ2n) is 5.89. The molecule has 0 bridgehead atoms. The summed E-state index contributed by atoms with van der Waals surface area (Å²) in [5.41, 5.74) is 1.41. The van der Waals surface area contributed by atoms with Gasteiger partial charge in [-0.15, -0.1) is 0 Å². The average Bonchev–Trinajstić information content (AvgIpc) is 3.08. The second kappa shape index (κ2) is 6.37. The highest BCUT2D eigenvalue weighted by atomic mass is 16.1. The summed E-state index contributed by atoms with van der Waals surface area (Å²) in [4.78, 5) is 13.7. The SMILES string of the molecule is O=C1CC(NC2CCN(CCc3ccccc3)C2)CN1. The Hall–Kier alpha value is -1.39. The third-order valence-corrected chi connectivity index (χ3v) is 4.28. The van der Waals surface area contributed by atoms with Crippen molar-refractivity contribution < 1.29 is 4.79 Å². The van der Waals surface area contributed by atoms with Gasteiger partial charge in [-0.05, 0) is 24.9 Å². The number of nitrogens with zero attached hydrogens (tertiary/aromatic N) is 1. The molecule has 2 saturated heterocycles. The van der Waals surface area contributed by atoms with Gasteiger partial charge in [0.15, 0.2) is 0 Å². The van der Waals surface area contributed by atoms with Crippen LogP contribution in [0.5, 0.6) is 0 Å². The Labute approximate surface area is 120 Å². The van der Waals surface area contributed by atoms with Gasteiger partial charge < -0.3 is 15.5 Å². The van der Waals surface area contributed by atoms with Crippen molar-refractivity contribution in [2.45, 2.75) is 31.3 Å². The van der Waals surface area contributed by atoms with Gasteiger partial charge in [0.2, 0.25) is 5.91 Å². The van der Waals surface area contributed by atoms with E-state index in [2.05, 4.69) is 45.9 Å². The molecule has 2 N–H and O–H groups in total. The lowest BCUT2D eigenvalue weighted by Crippen LogP contribution is -2.41. The summed E-state index contributed by atoms with van der Waals surface area (Å²) in [7, 11) is 0. The van der Waals surface area contributed by atoms with Gasteiger partial charge in [-0.1, -0.05) is 30.3 Å². The fraction of sp³-hybridized carbons (Fsp3) is 0.562. The number of hydrogen-bond acceptors (Lipinski definition) is 3. The smallest absolute Gasteiger partial charge is 0.221 e. The first kappa shape index (κ1) is 13.6. The molecule has 3 rings (SSSR count). The maximum absolute atomic E-state index is 11.2. The molecule has 0 radical (unpaired) electrons. The Morgan fingerprint density at radius 2 is 2.10 bits per heavy atom. The molecule has 2 unspecified atom stereocenters. The van der Waals surface area contributed by atoms with Crippen LogP contribution in [0, 0.1) is 0 Å². The molecule has 0 spiro atoms. The highest BCUT2D eigenvalue weighted by molar-refractivity contribution is 5.78. The lowest BCUT2D eigenvalue weighted by molar-refractivity contribution is -0.119. The normalized spacial score (nSPS) is 26.9. The topological polar surface area (TPSA) is 44.4 Å². The van der Waals surface area contributed by atoms with Crippen LogP contribution >= 0.6 is 0 Å². The van der Waals surface area contributed by atoms with Crippen LogP contribution in [0.2, 0.25) is 0 Å². The molecule has 0 saturated carbocycles. The van der Waals surface area contributed by atoms with Gasteiger partial charge in [0.1, 0.15) is 0 Å². The lowest BCUT2D eigenvalue weighted by Gasteiger charge is -2.19. The van der Waals surface area contributed by atoms with Crippen LogP contribution in [-0.2, 0) is 11.2 Å². The molecule has 1 amide bonds. The third kappa shape index (κ3) is 3.58. The summed E-state index contributed by atoms with van der Waals surface area (Å²) in [5, 5.41) is 6.50. The van der Waals surface area contributed by atoms with Crippen LogP contribution in [0.15, 0.2) is 30.3 Å². The van der Waals surface area contributed by atoms with E-state index in [4.69, 9.17) is 0 Å². The van der Waals surface area contributed by atoms with E-state index in [1.54, 1.807) is 0 Å². The van der Waals surface area contributed by atoms with Crippen molar-refractivity contribution >= 4 is 5.91 Å². The summed E-state index contributed by atoms with van der Waals surface area (Å²) in [6.07, 6.45) is 2.96.